The van der Waals surface area contributed by atoms with Gasteiger partial charge in [0.25, 0.3) is 0 Å². The summed E-state index contributed by atoms with van der Waals surface area (Å²) < 4.78 is 40.0. The van der Waals surface area contributed by atoms with Crippen molar-refractivity contribution < 1.29 is 12.8 Å². The standard InChI is InChI=1S/C18H23FN4O2S/c1-14(2)17-6-7-20-18(21-17)22-8-10-23(11-9-22)26(24,25)13-15-4-3-5-16(19)12-15/h3-7,12,14H,8-11,13H2,1-2H3. The zero-order valence-electron chi connectivity index (χ0n) is 15.0. The summed E-state index contributed by atoms with van der Waals surface area (Å²) >= 11 is 0. The average Bonchev–Trinajstić information content (AvgIpc) is 2.61. The Hall–Kier alpha value is -2.06. The van der Waals surface area contributed by atoms with Gasteiger partial charge in [-0.15, -0.1) is 0 Å². The summed E-state index contributed by atoms with van der Waals surface area (Å²) in [6, 6.07) is 7.62. The summed E-state index contributed by atoms with van der Waals surface area (Å²) in [4.78, 5) is 10.9. The highest BCUT2D eigenvalue weighted by Crippen LogP contribution is 2.19. The van der Waals surface area contributed by atoms with E-state index < -0.39 is 15.8 Å². The van der Waals surface area contributed by atoms with E-state index in [1.54, 1.807) is 12.3 Å². The molecule has 0 spiro atoms. The van der Waals surface area contributed by atoms with E-state index in [1.807, 2.05) is 11.0 Å². The molecular formula is C18H23FN4O2S. The van der Waals surface area contributed by atoms with Crippen molar-refractivity contribution in [1.82, 2.24) is 14.3 Å². The van der Waals surface area contributed by atoms with Gasteiger partial charge in [-0.25, -0.2) is 22.8 Å². The molecule has 0 atom stereocenters. The lowest BCUT2D eigenvalue weighted by Gasteiger charge is -2.34. The smallest absolute Gasteiger partial charge is 0.225 e. The Balaban J connectivity index is 1.65. The number of sulfonamides is 1. The minimum absolute atomic E-state index is 0.190. The predicted octanol–water partition coefficient (Wildman–Crippen LogP) is 2.39. The molecule has 0 aliphatic carbocycles. The van der Waals surface area contributed by atoms with Crippen LogP contribution in [0, 0.1) is 5.82 Å². The van der Waals surface area contributed by atoms with Gasteiger partial charge in [-0.1, -0.05) is 26.0 Å². The van der Waals surface area contributed by atoms with Crippen LogP contribution < -0.4 is 4.90 Å². The number of rotatable bonds is 5. The average molecular weight is 378 g/mol. The summed E-state index contributed by atoms with van der Waals surface area (Å²) in [5.74, 6) is 0.331. The van der Waals surface area contributed by atoms with Crippen LogP contribution in [0.4, 0.5) is 10.3 Å². The molecule has 1 aromatic carbocycles. The monoisotopic (exact) mass is 378 g/mol. The van der Waals surface area contributed by atoms with E-state index in [0.29, 0.717) is 43.6 Å². The fourth-order valence-corrected chi connectivity index (χ4v) is 4.43. The van der Waals surface area contributed by atoms with Crippen LogP contribution in [-0.4, -0.2) is 48.9 Å². The fraction of sp³-hybridized carbons (Fsp3) is 0.444. The van der Waals surface area contributed by atoms with Crippen molar-refractivity contribution in [2.24, 2.45) is 0 Å². The van der Waals surface area contributed by atoms with Crippen molar-refractivity contribution in [2.45, 2.75) is 25.5 Å². The lowest BCUT2D eigenvalue weighted by Crippen LogP contribution is -2.49. The third-order valence-electron chi connectivity index (χ3n) is 4.41. The lowest BCUT2D eigenvalue weighted by molar-refractivity contribution is 0.382. The molecule has 1 saturated heterocycles. The van der Waals surface area contributed by atoms with Crippen LogP contribution in [0.1, 0.15) is 31.0 Å². The van der Waals surface area contributed by atoms with Crippen LogP contribution in [0.15, 0.2) is 36.5 Å². The molecule has 1 aromatic heterocycles. The summed E-state index contributed by atoms with van der Waals surface area (Å²) in [7, 11) is -3.48. The zero-order valence-corrected chi connectivity index (χ0v) is 15.8. The Morgan fingerprint density at radius 1 is 1.15 bits per heavy atom. The third kappa shape index (κ3) is 4.37. The van der Waals surface area contributed by atoms with Crippen LogP contribution in [0.5, 0.6) is 0 Å². The molecule has 140 valence electrons. The largest absolute Gasteiger partial charge is 0.338 e. The minimum atomic E-state index is -3.48. The van der Waals surface area contributed by atoms with E-state index in [9.17, 15) is 12.8 Å². The first-order valence-corrected chi connectivity index (χ1v) is 10.3. The predicted molar refractivity (Wildman–Crippen MR) is 98.9 cm³/mol. The SMILES string of the molecule is CC(C)c1ccnc(N2CCN(S(=O)(=O)Cc3cccc(F)c3)CC2)n1. The van der Waals surface area contributed by atoms with E-state index in [2.05, 4.69) is 23.8 Å². The molecule has 3 rings (SSSR count). The molecule has 8 heteroatoms. The molecule has 1 fully saturated rings. The van der Waals surface area contributed by atoms with Crippen LogP contribution >= 0.6 is 0 Å². The van der Waals surface area contributed by atoms with Crippen LogP contribution in [0.2, 0.25) is 0 Å². The Bertz CT molecular complexity index is 865. The second-order valence-electron chi connectivity index (χ2n) is 6.71. The normalized spacial score (nSPS) is 16.2. The van der Waals surface area contributed by atoms with E-state index >= 15 is 0 Å². The molecule has 6 nitrogen and oxygen atoms in total. The van der Waals surface area contributed by atoms with Gasteiger partial charge in [0.1, 0.15) is 5.82 Å². The molecule has 1 aliphatic rings. The highest BCUT2D eigenvalue weighted by molar-refractivity contribution is 7.88. The Labute approximate surface area is 153 Å². The molecule has 26 heavy (non-hydrogen) atoms. The maximum atomic E-state index is 13.3. The van der Waals surface area contributed by atoms with Gasteiger partial charge in [-0.3, -0.25) is 0 Å². The van der Waals surface area contributed by atoms with E-state index in [1.165, 1.54) is 22.5 Å². The first-order valence-electron chi connectivity index (χ1n) is 8.65. The topological polar surface area (TPSA) is 66.4 Å². The Morgan fingerprint density at radius 2 is 1.88 bits per heavy atom. The third-order valence-corrected chi connectivity index (χ3v) is 6.26. The zero-order chi connectivity index (χ0) is 18.7. The number of nitrogens with zero attached hydrogens (tertiary/aromatic N) is 4. The molecule has 1 aliphatic heterocycles. The van der Waals surface area contributed by atoms with Crippen LogP contribution in [-0.2, 0) is 15.8 Å². The number of aromatic nitrogens is 2. The quantitative estimate of drug-likeness (QED) is 0.799. The lowest BCUT2D eigenvalue weighted by atomic mass is 10.1. The van der Waals surface area contributed by atoms with E-state index in [4.69, 9.17) is 0 Å². The molecule has 0 amide bonds. The maximum Gasteiger partial charge on any atom is 0.225 e. The number of hydrogen-bond acceptors (Lipinski definition) is 5. The number of halogens is 1. The van der Waals surface area contributed by atoms with Crippen molar-refractivity contribution in [3.8, 4) is 0 Å². The first kappa shape index (κ1) is 18.7. The molecule has 0 bridgehead atoms. The number of piperazine rings is 1. The number of hydrogen-bond donors (Lipinski definition) is 0. The van der Waals surface area contributed by atoms with Gasteiger partial charge >= 0.3 is 0 Å². The Kier molecular flexibility index (Phi) is 5.52. The summed E-state index contributed by atoms with van der Waals surface area (Å²) in [5.41, 5.74) is 1.43. The fourth-order valence-electron chi connectivity index (χ4n) is 2.93. The Morgan fingerprint density at radius 3 is 2.54 bits per heavy atom. The number of anilines is 1. The van der Waals surface area contributed by atoms with Gasteiger partial charge in [-0.2, -0.15) is 4.31 Å². The van der Waals surface area contributed by atoms with Gasteiger partial charge < -0.3 is 4.90 Å². The molecule has 2 aromatic rings. The van der Waals surface area contributed by atoms with Gasteiger partial charge in [0, 0.05) is 38.1 Å². The van der Waals surface area contributed by atoms with Crippen molar-refractivity contribution >= 4 is 16.0 Å². The molecule has 0 N–H and O–H groups in total. The summed E-state index contributed by atoms with van der Waals surface area (Å²) in [6.07, 6.45) is 1.74. The van der Waals surface area contributed by atoms with Crippen molar-refractivity contribution in [3.05, 3.63) is 53.6 Å². The summed E-state index contributed by atoms with van der Waals surface area (Å²) in [6.45, 7) is 5.94. The van der Waals surface area contributed by atoms with Gasteiger partial charge in [0.05, 0.1) is 5.75 Å². The summed E-state index contributed by atoms with van der Waals surface area (Å²) in [5, 5.41) is 0. The maximum absolute atomic E-state index is 13.3. The molecule has 0 saturated carbocycles. The van der Waals surface area contributed by atoms with Crippen molar-refractivity contribution in [2.75, 3.05) is 31.1 Å². The minimum Gasteiger partial charge on any atom is -0.338 e. The van der Waals surface area contributed by atoms with Crippen LogP contribution in [0.25, 0.3) is 0 Å². The highest BCUT2D eigenvalue weighted by atomic mass is 32.2. The highest BCUT2D eigenvalue weighted by Gasteiger charge is 2.28. The van der Waals surface area contributed by atoms with E-state index in [-0.39, 0.29) is 5.75 Å². The molecule has 0 unspecified atom stereocenters. The first-order chi connectivity index (χ1) is 12.3. The van der Waals surface area contributed by atoms with E-state index in [0.717, 1.165) is 5.69 Å². The molecule has 2 heterocycles. The van der Waals surface area contributed by atoms with Gasteiger partial charge in [-0.05, 0) is 29.7 Å². The van der Waals surface area contributed by atoms with Gasteiger partial charge in [0.15, 0.2) is 0 Å². The molecular weight excluding hydrogens is 355 g/mol. The van der Waals surface area contributed by atoms with Crippen LogP contribution in [0.3, 0.4) is 0 Å². The second-order valence-corrected chi connectivity index (χ2v) is 8.68. The number of benzene rings is 1. The second kappa shape index (κ2) is 7.67. The van der Waals surface area contributed by atoms with Gasteiger partial charge in [0.2, 0.25) is 16.0 Å². The van der Waals surface area contributed by atoms with Crippen molar-refractivity contribution in [3.63, 3.8) is 0 Å². The van der Waals surface area contributed by atoms with Crippen molar-refractivity contribution in [1.29, 1.82) is 0 Å². The molecule has 0 radical (unpaired) electrons.